The summed E-state index contributed by atoms with van der Waals surface area (Å²) >= 11 is 0. The Balaban J connectivity index is 2.57. The molecule has 16 heavy (non-hydrogen) atoms. The number of ether oxygens (including phenoxy) is 1. The van der Waals surface area contributed by atoms with E-state index in [1.165, 1.54) is 4.90 Å². The van der Waals surface area contributed by atoms with E-state index in [0.717, 1.165) is 11.4 Å². The maximum Gasteiger partial charge on any atom is 0.321 e. The van der Waals surface area contributed by atoms with Gasteiger partial charge in [0.05, 0.1) is 0 Å². The van der Waals surface area contributed by atoms with Gasteiger partial charge in [0.1, 0.15) is 12.4 Å². The summed E-state index contributed by atoms with van der Waals surface area (Å²) in [6.07, 6.45) is 1.68. The molecular formula is C12H16N2O2. The summed E-state index contributed by atoms with van der Waals surface area (Å²) in [6.45, 7) is 4.04. The second kappa shape index (κ2) is 5.80. The van der Waals surface area contributed by atoms with Gasteiger partial charge >= 0.3 is 6.03 Å². The van der Waals surface area contributed by atoms with Crippen LogP contribution in [-0.4, -0.2) is 31.6 Å². The number of benzene rings is 1. The second-order valence-corrected chi connectivity index (χ2v) is 3.45. The first-order valence-corrected chi connectivity index (χ1v) is 4.95. The van der Waals surface area contributed by atoms with Crippen molar-refractivity contribution in [1.29, 1.82) is 0 Å². The molecule has 0 atom stereocenters. The van der Waals surface area contributed by atoms with Crippen molar-refractivity contribution in [3.05, 3.63) is 36.9 Å². The number of carbonyl (C=O) groups excluding carboxylic acids is 1. The van der Waals surface area contributed by atoms with E-state index in [1.807, 2.05) is 0 Å². The zero-order valence-electron chi connectivity index (χ0n) is 9.56. The highest BCUT2D eigenvalue weighted by atomic mass is 16.5. The first-order chi connectivity index (χ1) is 7.63. The van der Waals surface area contributed by atoms with E-state index in [9.17, 15) is 4.79 Å². The number of amides is 2. The summed E-state index contributed by atoms with van der Waals surface area (Å²) in [5.41, 5.74) is 0.740. The first kappa shape index (κ1) is 12.1. The van der Waals surface area contributed by atoms with Crippen LogP contribution in [0, 0.1) is 0 Å². The number of carbonyl (C=O) groups is 1. The third-order valence-corrected chi connectivity index (χ3v) is 1.88. The summed E-state index contributed by atoms with van der Waals surface area (Å²) < 4.78 is 5.32. The van der Waals surface area contributed by atoms with Crippen molar-refractivity contribution in [2.75, 3.05) is 26.0 Å². The molecule has 86 valence electrons. The van der Waals surface area contributed by atoms with Gasteiger partial charge in [-0.2, -0.15) is 0 Å². The number of hydrogen-bond acceptors (Lipinski definition) is 2. The summed E-state index contributed by atoms with van der Waals surface area (Å²) in [5, 5.41) is 2.74. The molecule has 1 N–H and O–H groups in total. The van der Waals surface area contributed by atoms with Gasteiger partial charge in [-0.05, 0) is 24.3 Å². The molecule has 1 aromatic carbocycles. The quantitative estimate of drug-likeness (QED) is 0.791. The van der Waals surface area contributed by atoms with Gasteiger partial charge in [-0.1, -0.05) is 12.7 Å². The number of rotatable bonds is 4. The lowest BCUT2D eigenvalue weighted by atomic mass is 10.3. The van der Waals surface area contributed by atoms with Crippen LogP contribution in [0.1, 0.15) is 0 Å². The van der Waals surface area contributed by atoms with Crippen molar-refractivity contribution < 1.29 is 9.53 Å². The highest BCUT2D eigenvalue weighted by molar-refractivity contribution is 5.88. The second-order valence-electron chi connectivity index (χ2n) is 3.45. The zero-order valence-corrected chi connectivity index (χ0v) is 9.56. The number of nitrogens with one attached hydrogen (secondary N) is 1. The van der Waals surface area contributed by atoms with E-state index >= 15 is 0 Å². The van der Waals surface area contributed by atoms with Crippen LogP contribution >= 0.6 is 0 Å². The Bertz CT molecular complexity index is 358. The topological polar surface area (TPSA) is 41.6 Å². The number of anilines is 1. The normalized spacial score (nSPS) is 9.38. The Hall–Kier alpha value is -1.97. The van der Waals surface area contributed by atoms with E-state index in [4.69, 9.17) is 4.74 Å². The lowest BCUT2D eigenvalue weighted by Crippen LogP contribution is -2.27. The fraction of sp³-hybridized carbons (Fsp3) is 0.250. The Morgan fingerprint density at radius 3 is 2.56 bits per heavy atom. The van der Waals surface area contributed by atoms with E-state index in [2.05, 4.69) is 11.9 Å². The lowest BCUT2D eigenvalue weighted by molar-refractivity contribution is 0.230. The standard InChI is InChI=1S/C12H16N2O2/c1-4-9-16-11-7-5-10(6-8-11)13-12(15)14(2)3/h4-8H,1,9H2,2-3H3,(H,13,15). The minimum absolute atomic E-state index is 0.153. The molecule has 0 aliphatic carbocycles. The molecule has 0 saturated heterocycles. The molecule has 2 amide bonds. The van der Waals surface area contributed by atoms with Gasteiger partial charge in [-0.3, -0.25) is 0 Å². The summed E-state index contributed by atoms with van der Waals surface area (Å²) in [5.74, 6) is 0.753. The monoisotopic (exact) mass is 220 g/mol. The van der Waals surface area contributed by atoms with Crippen molar-refractivity contribution in [2.24, 2.45) is 0 Å². The van der Waals surface area contributed by atoms with E-state index in [-0.39, 0.29) is 6.03 Å². The molecule has 0 fully saturated rings. The van der Waals surface area contributed by atoms with Gasteiger partial charge in [0.2, 0.25) is 0 Å². The van der Waals surface area contributed by atoms with Gasteiger partial charge in [0.25, 0.3) is 0 Å². The molecule has 0 spiro atoms. The van der Waals surface area contributed by atoms with Crippen LogP contribution in [0.4, 0.5) is 10.5 Å². The van der Waals surface area contributed by atoms with Crippen LogP contribution in [0.25, 0.3) is 0 Å². The lowest BCUT2D eigenvalue weighted by Gasteiger charge is -2.12. The smallest absolute Gasteiger partial charge is 0.321 e. The minimum Gasteiger partial charge on any atom is -0.490 e. The van der Waals surface area contributed by atoms with Crippen molar-refractivity contribution in [3.63, 3.8) is 0 Å². The maximum atomic E-state index is 11.3. The zero-order chi connectivity index (χ0) is 12.0. The molecule has 0 aliphatic heterocycles. The van der Waals surface area contributed by atoms with E-state index in [0.29, 0.717) is 6.61 Å². The third kappa shape index (κ3) is 3.65. The summed E-state index contributed by atoms with van der Waals surface area (Å²) in [6, 6.07) is 7.03. The number of hydrogen-bond donors (Lipinski definition) is 1. The van der Waals surface area contributed by atoms with E-state index < -0.39 is 0 Å². The van der Waals surface area contributed by atoms with Gasteiger partial charge in [0.15, 0.2) is 0 Å². The molecule has 1 aromatic rings. The summed E-state index contributed by atoms with van der Waals surface area (Å²) in [7, 11) is 3.38. The molecule has 0 radical (unpaired) electrons. The predicted octanol–water partition coefficient (Wildman–Crippen LogP) is 2.34. The van der Waals surface area contributed by atoms with Crippen molar-refractivity contribution in [2.45, 2.75) is 0 Å². The van der Waals surface area contributed by atoms with Gasteiger partial charge < -0.3 is 15.0 Å². The van der Waals surface area contributed by atoms with Crippen molar-refractivity contribution in [3.8, 4) is 5.75 Å². The maximum absolute atomic E-state index is 11.3. The minimum atomic E-state index is -0.153. The van der Waals surface area contributed by atoms with Crippen molar-refractivity contribution >= 4 is 11.7 Å². The fourth-order valence-corrected chi connectivity index (χ4v) is 1.02. The third-order valence-electron chi connectivity index (χ3n) is 1.88. The fourth-order valence-electron chi connectivity index (χ4n) is 1.02. The highest BCUT2D eigenvalue weighted by Gasteiger charge is 2.03. The average molecular weight is 220 g/mol. The van der Waals surface area contributed by atoms with Gasteiger partial charge in [-0.25, -0.2) is 4.79 Å². The van der Waals surface area contributed by atoms with Gasteiger partial charge in [0, 0.05) is 19.8 Å². The molecule has 1 rings (SSSR count). The number of nitrogens with zero attached hydrogens (tertiary/aromatic N) is 1. The Labute approximate surface area is 95.5 Å². The molecule has 0 unspecified atom stereocenters. The van der Waals surface area contributed by atoms with Crippen LogP contribution in [0.15, 0.2) is 36.9 Å². The Morgan fingerprint density at radius 2 is 2.06 bits per heavy atom. The van der Waals surface area contributed by atoms with Crippen LogP contribution in [-0.2, 0) is 0 Å². The molecule has 0 heterocycles. The first-order valence-electron chi connectivity index (χ1n) is 4.95. The molecule has 0 aliphatic rings. The van der Waals surface area contributed by atoms with Crippen molar-refractivity contribution in [1.82, 2.24) is 4.90 Å². The molecular weight excluding hydrogens is 204 g/mol. The summed E-state index contributed by atoms with van der Waals surface area (Å²) in [4.78, 5) is 12.8. The molecule has 0 aromatic heterocycles. The molecule has 0 saturated carbocycles. The molecule has 4 heteroatoms. The van der Waals surface area contributed by atoms with E-state index in [1.54, 1.807) is 44.4 Å². The Kier molecular flexibility index (Phi) is 4.39. The largest absolute Gasteiger partial charge is 0.490 e. The van der Waals surface area contributed by atoms with Crippen LogP contribution in [0.5, 0.6) is 5.75 Å². The SMILES string of the molecule is C=CCOc1ccc(NC(=O)N(C)C)cc1. The van der Waals surface area contributed by atoms with Crippen LogP contribution in [0.3, 0.4) is 0 Å². The molecule has 4 nitrogen and oxygen atoms in total. The average Bonchev–Trinajstić information content (AvgIpc) is 2.28. The predicted molar refractivity (Wildman–Crippen MR) is 64.8 cm³/mol. The Morgan fingerprint density at radius 1 is 1.44 bits per heavy atom. The molecule has 0 bridgehead atoms. The van der Waals surface area contributed by atoms with Gasteiger partial charge in [-0.15, -0.1) is 0 Å². The number of urea groups is 1. The van der Waals surface area contributed by atoms with Crippen LogP contribution in [0.2, 0.25) is 0 Å². The van der Waals surface area contributed by atoms with Crippen LogP contribution < -0.4 is 10.1 Å². The highest BCUT2D eigenvalue weighted by Crippen LogP contribution is 2.15.